The Bertz CT molecular complexity index is 551. The Morgan fingerprint density at radius 2 is 2.10 bits per heavy atom. The molecule has 1 aromatic rings. The molecule has 0 aliphatic rings. The highest BCUT2D eigenvalue weighted by atomic mass is 16.6. The third-order valence-electron chi connectivity index (χ3n) is 2.38. The van der Waals surface area contributed by atoms with Crippen molar-refractivity contribution in [2.45, 2.75) is 32.8 Å². The number of nitrogen functional groups attached to an aromatic ring is 1. The van der Waals surface area contributed by atoms with Crippen LogP contribution in [0.15, 0.2) is 18.2 Å². The smallest absolute Gasteiger partial charge is 0.407 e. The number of alkyl carbamates (subject to hydrolysis) is 1. The predicted molar refractivity (Wildman–Crippen MR) is 83.1 cm³/mol. The molecule has 1 amide bonds. The van der Waals surface area contributed by atoms with E-state index in [1.807, 2.05) is 26.8 Å². The average molecular weight is 290 g/mol. The van der Waals surface area contributed by atoms with Gasteiger partial charge in [-0.3, -0.25) is 0 Å². The number of amides is 1. The lowest BCUT2D eigenvalue weighted by molar-refractivity contribution is 0.0529. The highest BCUT2D eigenvalue weighted by Gasteiger charge is 2.15. The molecule has 0 aliphatic heterocycles. The van der Waals surface area contributed by atoms with Crippen molar-refractivity contribution in [1.29, 1.82) is 0 Å². The van der Waals surface area contributed by atoms with Gasteiger partial charge in [0.2, 0.25) is 0 Å². The summed E-state index contributed by atoms with van der Waals surface area (Å²) >= 11 is 0. The molecule has 0 atom stereocenters. The molecule has 1 rings (SSSR count). The summed E-state index contributed by atoms with van der Waals surface area (Å²) in [7, 11) is 1.57. The maximum absolute atomic E-state index is 11.4. The van der Waals surface area contributed by atoms with Crippen molar-refractivity contribution in [1.82, 2.24) is 5.32 Å². The van der Waals surface area contributed by atoms with Crippen molar-refractivity contribution in [3.63, 3.8) is 0 Å². The first-order valence-electron chi connectivity index (χ1n) is 6.71. The summed E-state index contributed by atoms with van der Waals surface area (Å²) < 4.78 is 10.2. The van der Waals surface area contributed by atoms with E-state index >= 15 is 0 Å². The zero-order valence-electron chi connectivity index (χ0n) is 12.9. The lowest BCUT2D eigenvalue weighted by Crippen LogP contribution is -2.32. The molecule has 0 saturated carbocycles. The molecule has 0 heterocycles. The minimum absolute atomic E-state index is 0.432. The molecule has 5 nitrogen and oxygen atoms in total. The largest absolute Gasteiger partial charge is 0.495 e. The Morgan fingerprint density at radius 3 is 2.67 bits per heavy atom. The molecule has 0 saturated heterocycles. The third kappa shape index (κ3) is 6.57. The summed E-state index contributed by atoms with van der Waals surface area (Å²) in [5, 5.41) is 2.65. The highest BCUT2D eigenvalue weighted by Crippen LogP contribution is 2.21. The van der Waals surface area contributed by atoms with Gasteiger partial charge >= 0.3 is 6.09 Å². The van der Waals surface area contributed by atoms with Crippen LogP contribution in [0.3, 0.4) is 0 Å². The molecule has 0 aliphatic carbocycles. The van der Waals surface area contributed by atoms with Crippen molar-refractivity contribution < 1.29 is 14.3 Å². The van der Waals surface area contributed by atoms with Gasteiger partial charge in [0, 0.05) is 18.5 Å². The van der Waals surface area contributed by atoms with E-state index < -0.39 is 11.7 Å². The average Bonchev–Trinajstić information content (AvgIpc) is 2.36. The molecule has 1 aromatic carbocycles. The van der Waals surface area contributed by atoms with Crippen LogP contribution in [-0.4, -0.2) is 25.3 Å². The minimum atomic E-state index is -0.490. The quantitative estimate of drug-likeness (QED) is 0.510. The first-order valence-corrected chi connectivity index (χ1v) is 6.71. The van der Waals surface area contributed by atoms with E-state index in [4.69, 9.17) is 15.2 Å². The number of carbonyl (C=O) groups excluding carboxylic acids is 1. The Kier molecular flexibility index (Phi) is 5.92. The number of nitrogens with one attached hydrogen (secondary N) is 1. The zero-order valence-corrected chi connectivity index (χ0v) is 12.9. The lowest BCUT2D eigenvalue weighted by Gasteiger charge is -2.19. The van der Waals surface area contributed by atoms with Crippen LogP contribution in [-0.2, 0) is 4.74 Å². The Hall–Kier alpha value is -2.35. The fraction of sp³-hybridized carbons (Fsp3) is 0.438. The summed E-state index contributed by atoms with van der Waals surface area (Å²) in [6, 6.07) is 5.37. The van der Waals surface area contributed by atoms with Crippen LogP contribution in [0.2, 0.25) is 0 Å². The third-order valence-corrected chi connectivity index (χ3v) is 2.38. The van der Waals surface area contributed by atoms with Gasteiger partial charge in [0.15, 0.2) is 0 Å². The number of anilines is 1. The molecule has 0 radical (unpaired) electrons. The topological polar surface area (TPSA) is 73.6 Å². The van der Waals surface area contributed by atoms with Crippen LogP contribution < -0.4 is 15.8 Å². The van der Waals surface area contributed by atoms with Gasteiger partial charge in [-0.1, -0.05) is 11.8 Å². The Labute approximate surface area is 125 Å². The highest BCUT2D eigenvalue weighted by molar-refractivity contribution is 5.67. The van der Waals surface area contributed by atoms with Gasteiger partial charge in [-0.25, -0.2) is 4.79 Å². The maximum Gasteiger partial charge on any atom is 0.407 e. The van der Waals surface area contributed by atoms with E-state index in [1.165, 1.54) is 0 Å². The van der Waals surface area contributed by atoms with Gasteiger partial charge in [-0.2, -0.15) is 0 Å². The SMILES string of the molecule is COc1ccc(C#CCCNC(=O)OC(C)(C)C)cc1N. The second-order valence-corrected chi connectivity index (χ2v) is 5.44. The van der Waals surface area contributed by atoms with Crippen LogP contribution in [0.4, 0.5) is 10.5 Å². The van der Waals surface area contributed by atoms with E-state index in [0.717, 1.165) is 5.56 Å². The van der Waals surface area contributed by atoms with Gasteiger partial charge in [0.05, 0.1) is 12.8 Å². The van der Waals surface area contributed by atoms with Crippen molar-refractivity contribution >= 4 is 11.8 Å². The number of carbonyl (C=O) groups is 1. The first-order chi connectivity index (χ1) is 9.81. The molecule has 3 N–H and O–H groups in total. The van der Waals surface area contributed by atoms with Crippen molar-refractivity contribution in [2.75, 3.05) is 19.4 Å². The van der Waals surface area contributed by atoms with E-state index in [-0.39, 0.29) is 0 Å². The molecule has 0 bridgehead atoms. The molecular weight excluding hydrogens is 268 g/mol. The van der Waals surface area contributed by atoms with Crippen LogP contribution in [0, 0.1) is 11.8 Å². The van der Waals surface area contributed by atoms with Crippen molar-refractivity contribution in [2.24, 2.45) is 0 Å². The summed E-state index contributed by atoms with van der Waals surface area (Å²) in [6.45, 7) is 5.90. The fourth-order valence-corrected chi connectivity index (χ4v) is 1.52. The first kappa shape index (κ1) is 16.7. The number of hydrogen-bond donors (Lipinski definition) is 2. The van der Waals surface area contributed by atoms with Crippen molar-refractivity contribution in [3.05, 3.63) is 23.8 Å². The Balaban J connectivity index is 2.40. The van der Waals surface area contributed by atoms with E-state index in [9.17, 15) is 4.79 Å². The van der Waals surface area contributed by atoms with Gasteiger partial charge < -0.3 is 20.5 Å². The number of ether oxygens (including phenoxy) is 2. The number of methoxy groups -OCH3 is 1. The predicted octanol–water partition coefficient (Wildman–Crippen LogP) is 2.54. The zero-order chi connectivity index (χ0) is 15.9. The van der Waals surface area contributed by atoms with Crippen molar-refractivity contribution in [3.8, 4) is 17.6 Å². The Morgan fingerprint density at radius 1 is 1.38 bits per heavy atom. The summed E-state index contributed by atoms with van der Waals surface area (Å²) in [6.07, 6.45) is 0.100. The van der Waals surface area contributed by atoms with Gasteiger partial charge in [0.1, 0.15) is 11.4 Å². The van der Waals surface area contributed by atoms with E-state index in [2.05, 4.69) is 17.2 Å². The number of benzene rings is 1. The molecular formula is C16H22N2O3. The number of rotatable bonds is 3. The molecule has 0 aromatic heterocycles. The number of hydrogen-bond acceptors (Lipinski definition) is 4. The molecule has 0 fully saturated rings. The fourth-order valence-electron chi connectivity index (χ4n) is 1.52. The molecule has 21 heavy (non-hydrogen) atoms. The van der Waals surface area contributed by atoms with Crippen LogP contribution in [0.25, 0.3) is 0 Å². The summed E-state index contributed by atoms with van der Waals surface area (Å²) in [4.78, 5) is 11.4. The summed E-state index contributed by atoms with van der Waals surface area (Å²) in [5.74, 6) is 6.58. The monoisotopic (exact) mass is 290 g/mol. The second kappa shape index (κ2) is 7.44. The summed E-state index contributed by atoms with van der Waals surface area (Å²) in [5.41, 5.74) is 6.67. The van der Waals surface area contributed by atoms with Crippen LogP contribution in [0.5, 0.6) is 5.75 Å². The molecule has 5 heteroatoms. The maximum atomic E-state index is 11.4. The normalized spacial score (nSPS) is 10.3. The number of nitrogens with two attached hydrogens (primary N) is 1. The van der Waals surface area contributed by atoms with E-state index in [1.54, 1.807) is 19.2 Å². The lowest BCUT2D eigenvalue weighted by atomic mass is 10.2. The van der Waals surface area contributed by atoms with Crippen LogP contribution >= 0.6 is 0 Å². The van der Waals surface area contributed by atoms with Gasteiger partial charge in [0.25, 0.3) is 0 Å². The minimum Gasteiger partial charge on any atom is -0.495 e. The van der Waals surface area contributed by atoms with Gasteiger partial charge in [-0.15, -0.1) is 0 Å². The second-order valence-electron chi connectivity index (χ2n) is 5.44. The molecule has 0 spiro atoms. The van der Waals surface area contributed by atoms with E-state index in [0.29, 0.717) is 24.4 Å². The van der Waals surface area contributed by atoms with Gasteiger partial charge in [-0.05, 0) is 39.0 Å². The molecule has 114 valence electrons. The standard InChI is InChI=1S/C16H22N2O3/c1-16(2,3)21-15(19)18-10-6-5-7-12-8-9-14(20-4)13(17)11-12/h8-9,11H,6,10,17H2,1-4H3,(H,18,19). The molecule has 0 unspecified atom stereocenters. The van der Waals surface area contributed by atoms with Crippen LogP contribution in [0.1, 0.15) is 32.8 Å².